The Bertz CT molecular complexity index is 362. The lowest BCUT2D eigenvalue weighted by molar-refractivity contribution is 0.0907. The molecule has 2 atom stereocenters. The standard InChI is InChI=1S/C17H28N2/c1-13(2)18-17-14(3)10-19(11-15(17)4)12-16-8-6-5-7-9-16/h5-9,13-15,17-18H,10-12H2,1-4H3. The fourth-order valence-electron chi connectivity index (χ4n) is 3.36. The van der Waals surface area contributed by atoms with Gasteiger partial charge in [0.05, 0.1) is 0 Å². The van der Waals surface area contributed by atoms with E-state index in [-0.39, 0.29) is 0 Å². The Balaban J connectivity index is 1.93. The summed E-state index contributed by atoms with van der Waals surface area (Å²) >= 11 is 0. The highest BCUT2D eigenvalue weighted by Crippen LogP contribution is 2.23. The first-order valence-corrected chi connectivity index (χ1v) is 7.58. The number of hydrogen-bond donors (Lipinski definition) is 1. The highest BCUT2D eigenvalue weighted by molar-refractivity contribution is 5.14. The molecule has 1 saturated heterocycles. The molecule has 2 nitrogen and oxygen atoms in total. The highest BCUT2D eigenvalue weighted by Gasteiger charge is 2.31. The van der Waals surface area contributed by atoms with Crippen molar-refractivity contribution in [2.45, 2.75) is 46.3 Å². The number of rotatable bonds is 4. The van der Waals surface area contributed by atoms with Crippen molar-refractivity contribution in [3.63, 3.8) is 0 Å². The smallest absolute Gasteiger partial charge is 0.0233 e. The first kappa shape index (κ1) is 14.5. The summed E-state index contributed by atoms with van der Waals surface area (Å²) in [5.41, 5.74) is 1.43. The Morgan fingerprint density at radius 3 is 2.21 bits per heavy atom. The van der Waals surface area contributed by atoms with Crippen LogP contribution in [0.2, 0.25) is 0 Å². The molecule has 1 aromatic rings. The molecule has 0 spiro atoms. The van der Waals surface area contributed by atoms with Crippen molar-refractivity contribution in [3.05, 3.63) is 35.9 Å². The van der Waals surface area contributed by atoms with E-state index < -0.39 is 0 Å². The van der Waals surface area contributed by atoms with Crippen molar-refractivity contribution in [1.29, 1.82) is 0 Å². The van der Waals surface area contributed by atoms with Crippen LogP contribution in [0.15, 0.2) is 30.3 Å². The van der Waals surface area contributed by atoms with Crippen molar-refractivity contribution in [2.75, 3.05) is 13.1 Å². The average molecular weight is 260 g/mol. The Kier molecular flexibility index (Phi) is 5.00. The largest absolute Gasteiger partial charge is 0.311 e. The second kappa shape index (κ2) is 6.53. The molecule has 19 heavy (non-hydrogen) atoms. The van der Waals surface area contributed by atoms with Crippen LogP contribution in [-0.2, 0) is 6.54 Å². The van der Waals surface area contributed by atoms with Crippen LogP contribution in [0.25, 0.3) is 0 Å². The summed E-state index contributed by atoms with van der Waals surface area (Å²) in [6.07, 6.45) is 0. The first-order chi connectivity index (χ1) is 9.06. The van der Waals surface area contributed by atoms with Crippen LogP contribution >= 0.6 is 0 Å². The molecule has 1 aromatic carbocycles. The molecule has 0 aromatic heterocycles. The minimum Gasteiger partial charge on any atom is -0.311 e. The van der Waals surface area contributed by atoms with Crippen molar-refractivity contribution < 1.29 is 0 Å². The quantitative estimate of drug-likeness (QED) is 0.894. The van der Waals surface area contributed by atoms with Gasteiger partial charge < -0.3 is 5.32 Å². The topological polar surface area (TPSA) is 15.3 Å². The van der Waals surface area contributed by atoms with Crippen LogP contribution in [0.3, 0.4) is 0 Å². The van der Waals surface area contributed by atoms with Crippen LogP contribution in [0.5, 0.6) is 0 Å². The van der Waals surface area contributed by atoms with E-state index in [1.807, 2.05) is 0 Å². The van der Waals surface area contributed by atoms with Crippen LogP contribution < -0.4 is 5.32 Å². The Morgan fingerprint density at radius 2 is 1.68 bits per heavy atom. The summed E-state index contributed by atoms with van der Waals surface area (Å²) in [7, 11) is 0. The number of nitrogens with one attached hydrogen (secondary N) is 1. The molecule has 1 aliphatic rings. The predicted octanol–water partition coefficient (Wildman–Crippen LogP) is 3.14. The third-order valence-electron chi connectivity index (χ3n) is 4.09. The van der Waals surface area contributed by atoms with Crippen molar-refractivity contribution in [3.8, 4) is 0 Å². The fraction of sp³-hybridized carbons (Fsp3) is 0.647. The molecular weight excluding hydrogens is 232 g/mol. The first-order valence-electron chi connectivity index (χ1n) is 7.58. The molecule has 0 bridgehead atoms. The number of piperidine rings is 1. The molecule has 1 aliphatic heterocycles. The lowest BCUT2D eigenvalue weighted by atomic mass is 9.85. The minimum absolute atomic E-state index is 0.579. The summed E-state index contributed by atoms with van der Waals surface area (Å²) < 4.78 is 0. The van der Waals surface area contributed by atoms with Gasteiger partial charge in [0, 0.05) is 31.7 Å². The van der Waals surface area contributed by atoms with Gasteiger partial charge >= 0.3 is 0 Å². The predicted molar refractivity (Wildman–Crippen MR) is 82.1 cm³/mol. The van der Waals surface area contributed by atoms with E-state index in [1.165, 1.54) is 18.7 Å². The summed E-state index contributed by atoms with van der Waals surface area (Å²) in [4.78, 5) is 2.60. The molecule has 0 radical (unpaired) electrons. The Hall–Kier alpha value is -0.860. The van der Waals surface area contributed by atoms with E-state index in [2.05, 4.69) is 68.2 Å². The Labute approximate surface area is 118 Å². The second-order valence-corrected chi connectivity index (χ2v) is 6.48. The molecule has 106 valence electrons. The molecule has 0 amide bonds. The maximum absolute atomic E-state index is 3.74. The van der Waals surface area contributed by atoms with Crippen LogP contribution in [0.4, 0.5) is 0 Å². The van der Waals surface area contributed by atoms with Gasteiger partial charge in [-0.05, 0) is 17.4 Å². The second-order valence-electron chi connectivity index (χ2n) is 6.48. The maximum atomic E-state index is 3.74. The van der Waals surface area contributed by atoms with Crippen LogP contribution in [0.1, 0.15) is 33.3 Å². The van der Waals surface area contributed by atoms with Gasteiger partial charge in [0.25, 0.3) is 0 Å². The normalized spacial score (nSPS) is 28.8. The van der Waals surface area contributed by atoms with E-state index in [0.29, 0.717) is 12.1 Å². The van der Waals surface area contributed by atoms with Crippen LogP contribution in [-0.4, -0.2) is 30.1 Å². The molecule has 1 fully saturated rings. The van der Waals surface area contributed by atoms with Gasteiger partial charge in [0.15, 0.2) is 0 Å². The number of likely N-dealkylation sites (tertiary alicyclic amines) is 1. The van der Waals surface area contributed by atoms with E-state index >= 15 is 0 Å². The zero-order chi connectivity index (χ0) is 13.8. The Morgan fingerprint density at radius 1 is 1.11 bits per heavy atom. The number of nitrogens with zero attached hydrogens (tertiary/aromatic N) is 1. The van der Waals surface area contributed by atoms with Crippen LogP contribution in [0, 0.1) is 11.8 Å². The molecule has 2 unspecified atom stereocenters. The maximum Gasteiger partial charge on any atom is 0.0233 e. The summed E-state index contributed by atoms with van der Waals surface area (Å²) in [6, 6.07) is 12.1. The highest BCUT2D eigenvalue weighted by atomic mass is 15.2. The van der Waals surface area contributed by atoms with Crippen molar-refractivity contribution >= 4 is 0 Å². The fourth-order valence-corrected chi connectivity index (χ4v) is 3.36. The number of benzene rings is 1. The van der Waals surface area contributed by atoms with Crippen molar-refractivity contribution in [1.82, 2.24) is 10.2 Å². The summed E-state index contributed by atoms with van der Waals surface area (Å²) in [5.74, 6) is 1.43. The number of hydrogen-bond acceptors (Lipinski definition) is 2. The molecule has 0 saturated carbocycles. The molecule has 1 N–H and O–H groups in total. The van der Waals surface area contributed by atoms with Crippen molar-refractivity contribution in [2.24, 2.45) is 11.8 Å². The lowest BCUT2D eigenvalue weighted by Crippen LogP contribution is -2.54. The minimum atomic E-state index is 0.579. The van der Waals surface area contributed by atoms with Gasteiger partial charge in [-0.2, -0.15) is 0 Å². The zero-order valence-corrected chi connectivity index (χ0v) is 12.8. The molecule has 0 aliphatic carbocycles. The SMILES string of the molecule is CC(C)NC1C(C)CN(Cc2ccccc2)CC1C. The monoisotopic (exact) mass is 260 g/mol. The summed E-state index contributed by atoms with van der Waals surface area (Å²) in [5, 5.41) is 3.74. The molecular formula is C17H28N2. The van der Waals surface area contributed by atoms with Gasteiger partial charge in [-0.3, -0.25) is 4.90 Å². The molecule has 2 heteroatoms. The van der Waals surface area contributed by atoms with E-state index in [4.69, 9.17) is 0 Å². The van der Waals surface area contributed by atoms with E-state index in [1.54, 1.807) is 0 Å². The van der Waals surface area contributed by atoms with Gasteiger partial charge in [0.1, 0.15) is 0 Å². The van der Waals surface area contributed by atoms with E-state index in [9.17, 15) is 0 Å². The third-order valence-corrected chi connectivity index (χ3v) is 4.09. The summed E-state index contributed by atoms with van der Waals surface area (Å²) in [6.45, 7) is 12.7. The van der Waals surface area contributed by atoms with Gasteiger partial charge in [0.2, 0.25) is 0 Å². The third kappa shape index (κ3) is 4.05. The van der Waals surface area contributed by atoms with Gasteiger partial charge in [-0.25, -0.2) is 0 Å². The zero-order valence-electron chi connectivity index (χ0n) is 12.8. The average Bonchev–Trinajstić information content (AvgIpc) is 2.35. The van der Waals surface area contributed by atoms with E-state index in [0.717, 1.165) is 18.4 Å². The molecule has 1 heterocycles. The van der Waals surface area contributed by atoms with Gasteiger partial charge in [-0.15, -0.1) is 0 Å². The lowest BCUT2D eigenvalue weighted by Gasteiger charge is -2.42. The van der Waals surface area contributed by atoms with Gasteiger partial charge in [-0.1, -0.05) is 58.0 Å². The molecule has 2 rings (SSSR count).